The molecule has 0 aromatic heterocycles. The lowest BCUT2D eigenvalue weighted by atomic mass is 9.88. The van der Waals surface area contributed by atoms with Crippen LogP contribution in [0.2, 0.25) is 0 Å². The Morgan fingerprint density at radius 2 is 1.67 bits per heavy atom. The zero-order valence-corrected chi connectivity index (χ0v) is 27.3. The van der Waals surface area contributed by atoms with Crippen LogP contribution in [0, 0.1) is 5.92 Å². The zero-order valence-electron chi connectivity index (χ0n) is 25.6. The Morgan fingerprint density at radius 1 is 0.911 bits per heavy atom. The van der Waals surface area contributed by atoms with Gasteiger partial charge in [-0.2, -0.15) is 4.31 Å². The predicted octanol–water partition coefficient (Wildman–Crippen LogP) is 4.54. The van der Waals surface area contributed by atoms with Crippen molar-refractivity contribution in [2.24, 2.45) is 5.92 Å². The topological polar surface area (TPSA) is 122 Å². The van der Waals surface area contributed by atoms with Gasteiger partial charge >= 0.3 is 0 Å². The van der Waals surface area contributed by atoms with Crippen molar-refractivity contribution in [1.29, 1.82) is 0 Å². The van der Waals surface area contributed by atoms with E-state index in [1.54, 1.807) is 40.7 Å². The normalized spacial score (nSPS) is 22.1. The summed E-state index contributed by atoms with van der Waals surface area (Å²) in [6.07, 6.45) is 6.49. The number of piperidine rings is 1. The van der Waals surface area contributed by atoms with Gasteiger partial charge in [0.05, 0.1) is 27.8 Å². The Bertz CT molecular complexity index is 1680. The molecule has 2 atom stereocenters. The van der Waals surface area contributed by atoms with E-state index in [-0.39, 0.29) is 34.8 Å². The molecule has 11 heteroatoms. The smallest absolute Gasteiger partial charge is 0.243 e. The highest BCUT2D eigenvalue weighted by Gasteiger charge is 2.44. The van der Waals surface area contributed by atoms with Gasteiger partial charge in [0, 0.05) is 25.7 Å². The van der Waals surface area contributed by atoms with Gasteiger partial charge in [0.15, 0.2) is 9.84 Å². The number of hydrogen-bond acceptors (Lipinski definition) is 8. The SMILES string of the molecule is O=S(=O)(CC1CCCCC1)c1cccc(OCC(O)CNC2COC3(CCN(S(=O)(=O)c4ccc5ccccc5c4)CC3)C2)c1. The standard InChI is InChI=1S/C34H44N2O7S2/c37-30(24-42-31-11-6-12-32(20-31)44(38,39)25-26-7-2-1-3-8-26)22-35-29-21-34(43-23-29)15-17-36(18-16-34)45(40,41)33-14-13-27-9-4-5-10-28(27)19-33/h4-6,9-14,19-20,26,29-30,35,37H,1-3,7-8,15-18,21-25H2. The van der Waals surface area contributed by atoms with Crippen LogP contribution in [-0.2, 0) is 24.6 Å². The highest BCUT2D eigenvalue weighted by Crippen LogP contribution is 2.37. The first-order valence-corrected chi connectivity index (χ1v) is 19.2. The lowest BCUT2D eigenvalue weighted by molar-refractivity contribution is -0.0312. The van der Waals surface area contributed by atoms with E-state index in [2.05, 4.69) is 5.32 Å². The molecule has 0 amide bonds. The maximum absolute atomic E-state index is 13.4. The van der Waals surface area contributed by atoms with Gasteiger partial charge in [0.25, 0.3) is 0 Å². The molecule has 1 spiro atoms. The number of sulfonamides is 1. The third-order valence-corrected chi connectivity index (χ3v) is 13.4. The number of rotatable bonds is 11. The minimum absolute atomic E-state index is 0.0272. The van der Waals surface area contributed by atoms with Crippen LogP contribution >= 0.6 is 0 Å². The summed E-state index contributed by atoms with van der Waals surface area (Å²) in [6, 6.07) is 19.6. The molecule has 2 N–H and O–H groups in total. The van der Waals surface area contributed by atoms with Crippen molar-refractivity contribution >= 4 is 30.6 Å². The molecule has 0 radical (unpaired) electrons. The van der Waals surface area contributed by atoms with Crippen LogP contribution in [0.5, 0.6) is 5.75 Å². The summed E-state index contributed by atoms with van der Waals surface area (Å²) in [6.45, 7) is 1.61. The second-order valence-electron chi connectivity index (χ2n) is 12.9. The van der Waals surface area contributed by atoms with Crippen LogP contribution in [-0.4, -0.2) is 82.6 Å². The van der Waals surface area contributed by atoms with E-state index < -0.39 is 26.0 Å². The van der Waals surface area contributed by atoms with E-state index >= 15 is 0 Å². The Labute approximate surface area is 266 Å². The van der Waals surface area contributed by atoms with E-state index in [0.29, 0.717) is 49.7 Å². The molecule has 2 heterocycles. The highest BCUT2D eigenvalue weighted by molar-refractivity contribution is 7.91. The summed E-state index contributed by atoms with van der Waals surface area (Å²) in [5, 5.41) is 15.9. The summed E-state index contributed by atoms with van der Waals surface area (Å²) < 4.78 is 66.3. The molecule has 2 aliphatic heterocycles. The van der Waals surface area contributed by atoms with Crippen molar-refractivity contribution in [3.8, 4) is 5.75 Å². The lowest BCUT2D eigenvalue weighted by Gasteiger charge is -2.38. The van der Waals surface area contributed by atoms with Gasteiger partial charge in [0.1, 0.15) is 18.5 Å². The van der Waals surface area contributed by atoms with Crippen LogP contribution in [0.3, 0.4) is 0 Å². The van der Waals surface area contributed by atoms with Gasteiger partial charge in [-0.3, -0.25) is 0 Å². The minimum atomic E-state index is -3.60. The van der Waals surface area contributed by atoms with Crippen molar-refractivity contribution in [2.75, 3.05) is 38.6 Å². The number of ether oxygens (including phenoxy) is 2. The molecule has 45 heavy (non-hydrogen) atoms. The molecular formula is C34H44N2O7S2. The van der Waals surface area contributed by atoms with Gasteiger partial charge in [-0.15, -0.1) is 0 Å². The van der Waals surface area contributed by atoms with Gasteiger partial charge in [-0.1, -0.05) is 55.7 Å². The fourth-order valence-corrected chi connectivity index (χ4v) is 10.2. The molecule has 3 aromatic rings. The minimum Gasteiger partial charge on any atom is -0.491 e. The molecule has 3 aliphatic rings. The fourth-order valence-electron chi connectivity index (χ4n) is 7.01. The zero-order chi connectivity index (χ0) is 31.5. The number of aliphatic hydroxyl groups is 1. The van der Waals surface area contributed by atoms with Gasteiger partial charge in [-0.25, -0.2) is 16.8 Å². The summed E-state index contributed by atoms with van der Waals surface area (Å²) in [5.41, 5.74) is -0.377. The largest absolute Gasteiger partial charge is 0.491 e. The molecular weight excluding hydrogens is 613 g/mol. The summed E-state index contributed by atoms with van der Waals surface area (Å²) in [5.74, 6) is 0.815. The Kier molecular flexibility index (Phi) is 9.84. The summed E-state index contributed by atoms with van der Waals surface area (Å²) >= 11 is 0. The Balaban J connectivity index is 0.951. The third-order valence-electron chi connectivity index (χ3n) is 9.63. The molecule has 6 rings (SSSR count). The van der Waals surface area contributed by atoms with Crippen molar-refractivity contribution in [3.63, 3.8) is 0 Å². The van der Waals surface area contributed by atoms with Crippen LogP contribution in [0.25, 0.3) is 10.8 Å². The van der Waals surface area contributed by atoms with Gasteiger partial charge in [0.2, 0.25) is 10.0 Å². The first-order chi connectivity index (χ1) is 21.6. The maximum atomic E-state index is 13.4. The van der Waals surface area contributed by atoms with Crippen LogP contribution in [0.15, 0.2) is 76.5 Å². The van der Waals surface area contributed by atoms with Gasteiger partial charge in [-0.05, 0) is 79.1 Å². The number of hydrogen-bond donors (Lipinski definition) is 2. The van der Waals surface area contributed by atoms with Crippen molar-refractivity contribution in [2.45, 2.75) is 78.9 Å². The number of nitrogens with zero attached hydrogens (tertiary/aromatic N) is 1. The number of aliphatic hydroxyl groups excluding tert-OH is 1. The monoisotopic (exact) mass is 656 g/mol. The Morgan fingerprint density at radius 3 is 2.44 bits per heavy atom. The van der Waals surface area contributed by atoms with Gasteiger partial charge < -0.3 is 19.9 Å². The number of nitrogens with one attached hydrogen (secondary N) is 1. The average molecular weight is 657 g/mol. The van der Waals surface area contributed by atoms with Crippen LogP contribution in [0.1, 0.15) is 51.4 Å². The van der Waals surface area contributed by atoms with E-state index in [1.165, 1.54) is 6.42 Å². The second kappa shape index (κ2) is 13.7. The lowest BCUT2D eigenvalue weighted by Crippen LogP contribution is -2.47. The Hall–Kier alpha value is -2.54. The summed E-state index contributed by atoms with van der Waals surface area (Å²) in [7, 11) is -7.00. The molecule has 9 nitrogen and oxygen atoms in total. The van der Waals surface area contributed by atoms with Crippen molar-refractivity contribution in [1.82, 2.24) is 9.62 Å². The first-order valence-electron chi connectivity index (χ1n) is 16.1. The quantitative estimate of drug-likeness (QED) is 0.309. The maximum Gasteiger partial charge on any atom is 0.243 e. The molecule has 1 aliphatic carbocycles. The number of fused-ring (bicyclic) bond motifs is 1. The molecule has 244 valence electrons. The summed E-state index contributed by atoms with van der Waals surface area (Å²) in [4.78, 5) is 0.579. The number of sulfone groups is 1. The van der Waals surface area contributed by atoms with E-state index in [1.807, 2.05) is 30.3 Å². The average Bonchev–Trinajstić information content (AvgIpc) is 3.45. The molecule has 3 fully saturated rings. The molecule has 2 unspecified atom stereocenters. The second-order valence-corrected chi connectivity index (χ2v) is 16.9. The van der Waals surface area contributed by atoms with Crippen molar-refractivity contribution < 1.29 is 31.4 Å². The first kappa shape index (κ1) is 32.4. The third kappa shape index (κ3) is 7.72. The van der Waals surface area contributed by atoms with Crippen LogP contribution < -0.4 is 10.1 Å². The van der Waals surface area contributed by atoms with E-state index in [0.717, 1.165) is 42.9 Å². The molecule has 2 saturated heterocycles. The number of benzene rings is 3. The highest BCUT2D eigenvalue weighted by atomic mass is 32.2. The fraction of sp³-hybridized carbons (Fsp3) is 0.529. The van der Waals surface area contributed by atoms with E-state index in [4.69, 9.17) is 9.47 Å². The molecule has 1 saturated carbocycles. The van der Waals surface area contributed by atoms with E-state index in [9.17, 15) is 21.9 Å². The molecule has 3 aromatic carbocycles. The van der Waals surface area contributed by atoms with Crippen LogP contribution in [0.4, 0.5) is 0 Å². The predicted molar refractivity (Wildman–Crippen MR) is 174 cm³/mol. The van der Waals surface area contributed by atoms with Crippen molar-refractivity contribution in [3.05, 3.63) is 66.7 Å². The molecule has 0 bridgehead atoms.